The molecule has 1 aromatic heterocycles. The maximum Gasteiger partial charge on any atom is 0.222 e. The van der Waals surface area contributed by atoms with Gasteiger partial charge in [0, 0.05) is 50.6 Å². The molecule has 29 heavy (non-hydrogen) atoms. The number of nitrogens with one attached hydrogen (secondary N) is 1. The Balaban J connectivity index is 1.31. The molecule has 156 valence electrons. The molecule has 0 aliphatic carbocycles. The topological polar surface area (TPSA) is 50.3 Å². The Morgan fingerprint density at radius 1 is 1.14 bits per heavy atom. The van der Waals surface area contributed by atoms with Crippen LogP contribution in [0.5, 0.6) is 0 Å². The van der Waals surface area contributed by atoms with Gasteiger partial charge in [-0.1, -0.05) is 37.3 Å². The molecule has 5 nitrogen and oxygen atoms in total. The minimum absolute atomic E-state index is 0.0148. The molecule has 0 amide bonds. The third-order valence-electron chi connectivity index (χ3n) is 7.12. The number of benzene rings is 1. The smallest absolute Gasteiger partial charge is 0.222 e. The van der Waals surface area contributed by atoms with Crippen molar-refractivity contribution in [3.05, 3.63) is 54.4 Å². The maximum atomic E-state index is 6.13. The molecular weight excluding hydrogens is 360 g/mol. The fraction of sp³-hybridized carbons (Fsp3) is 0.583. The molecule has 3 unspecified atom stereocenters. The molecule has 2 fully saturated rings. The molecule has 0 radical (unpaired) electrons. The van der Waals surface area contributed by atoms with E-state index < -0.39 is 0 Å². The highest BCUT2D eigenvalue weighted by Gasteiger charge is 2.45. The average Bonchev–Trinajstić information content (AvgIpc) is 2.78. The van der Waals surface area contributed by atoms with Crippen LogP contribution in [-0.2, 0) is 10.2 Å². The molecule has 2 aromatic rings. The largest absolute Gasteiger partial charge is 0.378 e. The summed E-state index contributed by atoms with van der Waals surface area (Å²) >= 11 is 0. The number of hydrogen-bond acceptors (Lipinski definition) is 5. The van der Waals surface area contributed by atoms with Crippen molar-refractivity contribution in [1.29, 1.82) is 0 Å². The fourth-order valence-corrected chi connectivity index (χ4v) is 5.29. The molecule has 4 rings (SSSR count). The molecule has 1 aromatic carbocycles. The van der Waals surface area contributed by atoms with Crippen LogP contribution < -0.4 is 5.32 Å². The number of piperidine rings is 2. The van der Waals surface area contributed by atoms with Gasteiger partial charge in [-0.05, 0) is 50.2 Å². The Kier molecular flexibility index (Phi) is 6.16. The first-order chi connectivity index (χ1) is 14.1. The fourth-order valence-electron chi connectivity index (χ4n) is 5.29. The zero-order valence-electron chi connectivity index (χ0n) is 17.8. The number of fused-ring (bicyclic) bond motifs is 1. The number of ether oxygens (including phenoxy) is 1. The Hall–Kier alpha value is -1.98. The summed E-state index contributed by atoms with van der Waals surface area (Å²) < 4.78 is 6.13. The molecule has 3 atom stereocenters. The van der Waals surface area contributed by atoms with Gasteiger partial charge in [0.2, 0.25) is 5.95 Å². The molecular formula is C24H34N4O. The van der Waals surface area contributed by atoms with Gasteiger partial charge in [0.1, 0.15) is 0 Å². The van der Waals surface area contributed by atoms with Crippen molar-refractivity contribution < 1.29 is 4.74 Å². The van der Waals surface area contributed by atoms with E-state index in [1.54, 1.807) is 12.4 Å². The molecule has 0 saturated carbocycles. The third kappa shape index (κ3) is 4.62. The summed E-state index contributed by atoms with van der Waals surface area (Å²) in [5.74, 6) is 0.710. The van der Waals surface area contributed by atoms with E-state index in [0.29, 0.717) is 12.0 Å². The lowest BCUT2D eigenvalue weighted by Crippen LogP contribution is -2.57. The predicted octanol–water partition coefficient (Wildman–Crippen LogP) is 4.27. The van der Waals surface area contributed by atoms with Gasteiger partial charge in [0.25, 0.3) is 0 Å². The van der Waals surface area contributed by atoms with Crippen LogP contribution in [0.15, 0.2) is 48.8 Å². The summed E-state index contributed by atoms with van der Waals surface area (Å²) in [5.41, 5.74) is 1.77. The highest BCUT2D eigenvalue weighted by molar-refractivity contribution is 5.26. The number of aromatic nitrogens is 2. The van der Waals surface area contributed by atoms with Gasteiger partial charge in [0.05, 0.1) is 5.60 Å². The van der Waals surface area contributed by atoms with E-state index >= 15 is 0 Å². The zero-order chi connectivity index (χ0) is 20.2. The number of methoxy groups -OCH3 is 1. The first-order valence-electron chi connectivity index (χ1n) is 11.0. The highest BCUT2D eigenvalue weighted by atomic mass is 16.5. The van der Waals surface area contributed by atoms with Crippen LogP contribution >= 0.6 is 0 Å². The lowest BCUT2D eigenvalue weighted by atomic mass is 9.70. The molecule has 0 bridgehead atoms. The Morgan fingerprint density at radius 3 is 2.69 bits per heavy atom. The van der Waals surface area contributed by atoms with Gasteiger partial charge in [-0.25, -0.2) is 9.97 Å². The molecule has 3 heterocycles. The zero-order valence-corrected chi connectivity index (χ0v) is 17.8. The van der Waals surface area contributed by atoms with Crippen LogP contribution in [0, 0.1) is 0 Å². The summed E-state index contributed by atoms with van der Waals surface area (Å²) in [5, 5.41) is 3.32. The summed E-state index contributed by atoms with van der Waals surface area (Å²) in [6.45, 7) is 5.62. The number of anilines is 1. The van der Waals surface area contributed by atoms with Crippen molar-refractivity contribution in [3.63, 3.8) is 0 Å². The second-order valence-corrected chi connectivity index (χ2v) is 9.03. The SMILES string of the molecule is COC1(CCCNc2ncccn2)CCN2CC(C)(c3ccccc3)CCC2C1. The molecule has 2 saturated heterocycles. The average molecular weight is 395 g/mol. The maximum absolute atomic E-state index is 6.13. The van der Waals surface area contributed by atoms with Crippen molar-refractivity contribution in [2.75, 3.05) is 32.1 Å². The minimum atomic E-state index is 0.0148. The number of hydrogen-bond donors (Lipinski definition) is 1. The third-order valence-corrected chi connectivity index (χ3v) is 7.12. The highest BCUT2D eigenvalue weighted by Crippen LogP contribution is 2.43. The van der Waals surface area contributed by atoms with Crippen LogP contribution in [0.25, 0.3) is 0 Å². The van der Waals surface area contributed by atoms with Crippen molar-refractivity contribution in [1.82, 2.24) is 14.9 Å². The summed E-state index contributed by atoms with van der Waals surface area (Å²) in [4.78, 5) is 11.2. The van der Waals surface area contributed by atoms with Crippen molar-refractivity contribution in [2.45, 2.75) is 62.5 Å². The van der Waals surface area contributed by atoms with Crippen molar-refractivity contribution in [2.24, 2.45) is 0 Å². The van der Waals surface area contributed by atoms with Crippen LogP contribution in [0.3, 0.4) is 0 Å². The van der Waals surface area contributed by atoms with E-state index in [4.69, 9.17) is 4.74 Å². The minimum Gasteiger partial charge on any atom is -0.378 e. The van der Waals surface area contributed by atoms with Gasteiger partial charge in [0.15, 0.2) is 0 Å². The van der Waals surface area contributed by atoms with Crippen LogP contribution in [-0.4, -0.2) is 53.3 Å². The summed E-state index contributed by atoms with van der Waals surface area (Å²) in [7, 11) is 1.90. The van der Waals surface area contributed by atoms with Crippen LogP contribution in [0.1, 0.15) is 51.0 Å². The first kappa shape index (κ1) is 20.3. The van der Waals surface area contributed by atoms with Crippen molar-refractivity contribution in [3.8, 4) is 0 Å². The van der Waals surface area contributed by atoms with Gasteiger partial charge < -0.3 is 10.1 Å². The van der Waals surface area contributed by atoms with Gasteiger partial charge in [-0.15, -0.1) is 0 Å². The quantitative estimate of drug-likeness (QED) is 0.711. The van der Waals surface area contributed by atoms with Gasteiger partial charge in [-0.3, -0.25) is 4.90 Å². The number of nitrogens with zero attached hydrogens (tertiary/aromatic N) is 3. The molecule has 5 heteroatoms. The summed E-state index contributed by atoms with van der Waals surface area (Å²) in [6, 6.07) is 13.5. The van der Waals surface area contributed by atoms with Gasteiger partial charge in [-0.2, -0.15) is 0 Å². The van der Waals surface area contributed by atoms with Crippen molar-refractivity contribution >= 4 is 5.95 Å². The molecule has 2 aliphatic rings. The molecule has 1 N–H and O–H groups in total. The molecule has 0 spiro atoms. The van der Waals surface area contributed by atoms with E-state index in [2.05, 4.69) is 57.4 Å². The van der Waals surface area contributed by atoms with Crippen LogP contribution in [0.4, 0.5) is 5.95 Å². The van der Waals surface area contributed by atoms with E-state index in [9.17, 15) is 0 Å². The first-order valence-corrected chi connectivity index (χ1v) is 11.0. The number of rotatable bonds is 7. The van der Waals surface area contributed by atoms with E-state index in [0.717, 1.165) is 45.3 Å². The van der Waals surface area contributed by atoms with Crippen LogP contribution in [0.2, 0.25) is 0 Å². The molecule has 2 aliphatic heterocycles. The second-order valence-electron chi connectivity index (χ2n) is 9.03. The van der Waals surface area contributed by atoms with E-state index in [1.165, 1.54) is 18.4 Å². The Bertz CT molecular complexity index is 771. The van der Waals surface area contributed by atoms with Gasteiger partial charge >= 0.3 is 0 Å². The second kappa shape index (κ2) is 8.80. The lowest BCUT2D eigenvalue weighted by molar-refractivity contribution is -0.0960. The normalized spacial score (nSPS) is 29.9. The predicted molar refractivity (Wildman–Crippen MR) is 117 cm³/mol. The Labute approximate surface area is 174 Å². The van der Waals surface area contributed by atoms with E-state index in [1.807, 2.05) is 13.2 Å². The standard InChI is InChI=1S/C24H34N4O/c1-23(20-8-4-3-5-9-20)12-10-21-18-24(29-2,13-17-28(21)19-23)11-6-14-25-22-26-15-7-16-27-22/h3-5,7-9,15-16,21H,6,10-14,17-19H2,1-2H3,(H,25,26,27). The summed E-state index contributed by atoms with van der Waals surface area (Å²) in [6.07, 6.45) is 10.5. The lowest BCUT2D eigenvalue weighted by Gasteiger charge is -2.52. The Morgan fingerprint density at radius 2 is 1.93 bits per heavy atom. The van der Waals surface area contributed by atoms with E-state index in [-0.39, 0.29) is 11.0 Å². The monoisotopic (exact) mass is 394 g/mol.